The average Bonchev–Trinajstić information content (AvgIpc) is 2.81. The Kier molecular flexibility index (Phi) is 6.91. The van der Waals surface area contributed by atoms with E-state index in [9.17, 15) is 9.90 Å². The summed E-state index contributed by atoms with van der Waals surface area (Å²) in [6.07, 6.45) is 3.50. The van der Waals surface area contributed by atoms with Gasteiger partial charge in [0.25, 0.3) is 0 Å². The topological polar surface area (TPSA) is 43.8 Å². The number of aliphatic hydroxyl groups excluding tert-OH is 1. The van der Waals surface area contributed by atoms with E-state index in [1.54, 1.807) is 29.4 Å². The Morgan fingerprint density at radius 2 is 2.10 bits per heavy atom. The number of aryl methyl sites for hydroxylation is 1. The zero-order valence-corrected chi connectivity index (χ0v) is 13.5. The smallest absolute Gasteiger partial charge is 0.246 e. The van der Waals surface area contributed by atoms with Crippen LogP contribution in [0.25, 0.3) is 0 Å². The van der Waals surface area contributed by atoms with Gasteiger partial charge in [-0.2, -0.15) is 0 Å². The van der Waals surface area contributed by atoms with Crippen LogP contribution < -0.4 is 0 Å². The highest BCUT2D eigenvalue weighted by molar-refractivity contribution is 7.12. The molecule has 1 amide bonds. The summed E-state index contributed by atoms with van der Waals surface area (Å²) in [4.78, 5) is 17.6. The molecule has 1 heterocycles. The molecule has 0 spiro atoms. The molecule has 4 nitrogen and oxygen atoms in total. The lowest BCUT2D eigenvalue weighted by atomic mass is 10.2. The summed E-state index contributed by atoms with van der Waals surface area (Å²) in [6.45, 7) is 3.31. The molecular formula is C15H24N2O2S. The second-order valence-electron chi connectivity index (χ2n) is 5.18. The molecule has 20 heavy (non-hydrogen) atoms. The number of hydrogen-bond donors (Lipinski definition) is 1. The fourth-order valence-corrected chi connectivity index (χ4v) is 2.59. The molecule has 1 aromatic heterocycles. The Labute approximate surface area is 125 Å². The van der Waals surface area contributed by atoms with Crippen molar-refractivity contribution in [2.75, 3.05) is 34.2 Å². The lowest BCUT2D eigenvalue weighted by Crippen LogP contribution is -2.27. The van der Waals surface area contributed by atoms with Gasteiger partial charge in [-0.25, -0.2) is 0 Å². The Morgan fingerprint density at radius 3 is 2.65 bits per heavy atom. The third-order valence-corrected chi connectivity index (χ3v) is 4.04. The lowest BCUT2D eigenvalue weighted by molar-refractivity contribution is -0.125. The monoisotopic (exact) mass is 296 g/mol. The van der Waals surface area contributed by atoms with Crippen molar-refractivity contribution in [3.63, 3.8) is 0 Å². The minimum Gasteiger partial charge on any atom is -0.388 e. The van der Waals surface area contributed by atoms with Crippen LogP contribution in [0.5, 0.6) is 0 Å². The number of likely N-dealkylation sites (N-methyl/N-ethyl adjacent to an activating group) is 2. The van der Waals surface area contributed by atoms with E-state index in [-0.39, 0.29) is 5.91 Å². The van der Waals surface area contributed by atoms with E-state index in [1.165, 1.54) is 4.88 Å². The molecule has 112 valence electrons. The van der Waals surface area contributed by atoms with Crippen LogP contribution in [0, 0.1) is 6.92 Å². The molecule has 1 unspecified atom stereocenters. The van der Waals surface area contributed by atoms with Crippen molar-refractivity contribution < 1.29 is 9.90 Å². The maximum Gasteiger partial charge on any atom is 0.246 e. The van der Waals surface area contributed by atoms with Gasteiger partial charge in [0.1, 0.15) is 0 Å². The van der Waals surface area contributed by atoms with E-state index in [0.29, 0.717) is 13.0 Å². The van der Waals surface area contributed by atoms with Gasteiger partial charge in [0, 0.05) is 36.0 Å². The SMILES string of the molecule is Cc1ccc(C(O)CCN(C)C(=O)/C=C/CN(C)C)s1. The van der Waals surface area contributed by atoms with Crippen LogP contribution in [0.4, 0.5) is 0 Å². The Hall–Kier alpha value is -1.17. The average molecular weight is 296 g/mol. The second kappa shape index (κ2) is 8.19. The van der Waals surface area contributed by atoms with Crippen molar-refractivity contribution in [1.82, 2.24) is 9.80 Å². The van der Waals surface area contributed by atoms with Crippen molar-refractivity contribution in [2.24, 2.45) is 0 Å². The van der Waals surface area contributed by atoms with Crippen LogP contribution in [-0.2, 0) is 4.79 Å². The minimum absolute atomic E-state index is 0.0265. The van der Waals surface area contributed by atoms with Crippen molar-refractivity contribution in [2.45, 2.75) is 19.4 Å². The van der Waals surface area contributed by atoms with Gasteiger partial charge in [-0.3, -0.25) is 4.79 Å². The zero-order valence-electron chi connectivity index (χ0n) is 12.7. The predicted molar refractivity (Wildman–Crippen MR) is 84.0 cm³/mol. The summed E-state index contributed by atoms with van der Waals surface area (Å²) >= 11 is 1.60. The normalized spacial score (nSPS) is 13.1. The first kappa shape index (κ1) is 16.9. The van der Waals surface area contributed by atoms with Crippen LogP contribution in [0.3, 0.4) is 0 Å². The molecule has 1 aromatic rings. The van der Waals surface area contributed by atoms with Gasteiger partial charge in [0.05, 0.1) is 6.10 Å². The van der Waals surface area contributed by atoms with Gasteiger partial charge in [-0.1, -0.05) is 6.08 Å². The van der Waals surface area contributed by atoms with Crippen LogP contribution >= 0.6 is 11.3 Å². The van der Waals surface area contributed by atoms with Crippen molar-refractivity contribution in [3.8, 4) is 0 Å². The van der Waals surface area contributed by atoms with E-state index in [1.807, 2.05) is 44.1 Å². The fourth-order valence-electron chi connectivity index (χ4n) is 1.69. The maximum absolute atomic E-state index is 11.8. The summed E-state index contributed by atoms with van der Waals surface area (Å²) in [7, 11) is 5.67. The number of nitrogens with zero attached hydrogens (tertiary/aromatic N) is 2. The van der Waals surface area contributed by atoms with E-state index in [2.05, 4.69) is 0 Å². The molecule has 0 aliphatic heterocycles. The van der Waals surface area contributed by atoms with Gasteiger partial charge < -0.3 is 14.9 Å². The van der Waals surface area contributed by atoms with Crippen molar-refractivity contribution in [3.05, 3.63) is 34.0 Å². The Morgan fingerprint density at radius 1 is 1.40 bits per heavy atom. The van der Waals surface area contributed by atoms with Gasteiger partial charge >= 0.3 is 0 Å². The van der Waals surface area contributed by atoms with Gasteiger partial charge in [-0.15, -0.1) is 11.3 Å². The molecule has 0 aliphatic carbocycles. The number of thiophene rings is 1. The number of rotatable bonds is 7. The van der Waals surface area contributed by atoms with Crippen molar-refractivity contribution >= 4 is 17.2 Å². The fraction of sp³-hybridized carbons (Fsp3) is 0.533. The molecule has 1 atom stereocenters. The van der Waals surface area contributed by atoms with Crippen LogP contribution in [0.2, 0.25) is 0 Å². The van der Waals surface area contributed by atoms with Gasteiger partial charge in [0.2, 0.25) is 5.91 Å². The molecule has 5 heteroatoms. The Bertz CT molecular complexity index is 454. The highest BCUT2D eigenvalue weighted by Gasteiger charge is 2.12. The van der Waals surface area contributed by atoms with E-state index < -0.39 is 6.10 Å². The summed E-state index contributed by atoms with van der Waals surface area (Å²) in [5.74, 6) is -0.0265. The molecule has 1 N–H and O–H groups in total. The quantitative estimate of drug-likeness (QED) is 0.783. The highest BCUT2D eigenvalue weighted by atomic mass is 32.1. The molecular weight excluding hydrogens is 272 g/mol. The third-order valence-electron chi connectivity index (χ3n) is 2.93. The zero-order chi connectivity index (χ0) is 15.1. The van der Waals surface area contributed by atoms with Crippen LogP contribution in [0.15, 0.2) is 24.3 Å². The number of aliphatic hydroxyl groups is 1. The van der Waals surface area contributed by atoms with Crippen molar-refractivity contribution in [1.29, 1.82) is 0 Å². The number of amides is 1. The largest absolute Gasteiger partial charge is 0.388 e. The molecule has 0 radical (unpaired) electrons. The number of carbonyl (C=O) groups excluding carboxylic acids is 1. The predicted octanol–water partition coefficient (Wildman–Crippen LogP) is 2.06. The molecule has 0 saturated heterocycles. The van der Waals surface area contributed by atoms with E-state index >= 15 is 0 Å². The molecule has 0 bridgehead atoms. The second-order valence-corrected chi connectivity index (χ2v) is 6.50. The van der Waals surface area contributed by atoms with Gasteiger partial charge in [-0.05, 0) is 39.6 Å². The maximum atomic E-state index is 11.8. The molecule has 0 fully saturated rings. The molecule has 0 aliphatic rings. The molecule has 0 saturated carbocycles. The minimum atomic E-state index is -0.491. The van der Waals surface area contributed by atoms with E-state index in [0.717, 1.165) is 11.4 Å². The highest BCUT2D eigenvalue weighted by Crippen LogP contribution is 2.24. The van der Waals surface area contributed by atoms with Crippen LogP contribution in [-0.4, -0.2) is 55.0 Å². The first-order valence-corrected chi connectivity index (χ1v) is 7.52. The number of carbonyl (C=O) groups is 1. The first-order valence-electron chi connectivity index (χ1n) is 6.71. The number of hydrogen-bond acceptors (Lipinski definition) is 4. The van der Waals surface area contributed by atoms with Crippen LogP contribution in [0.1, 0.15) is 22.3 Å². The Balaban J connectivity index is 2.37. The lowest BCUT2D eigenvalue weighted by Gasteiger charge is -2.17. The first-order chi connectivity index (χ1) is 9.40. The van der Waals surface area contributed by atoms with Gasteiger partial charge in [0.15, 0.2) is 0 Å². The standard InChI is InChI=1S/C15H24N2O2S/c1-12-7-8-14(20-12)13(18)9-11-17(4)15(19)6-5-10-16(2)3/h5-8,13,18H,9-11H2,1-4H3/b6-5+. The summed E-state index contributed by atoms with van der Waals surface area (Å²) in [5.41, 5.74) is 0. The third kappa shape index (κ3) is 5.86. The molecule has 0 aromatic carbocycles. The van der Waals surface area contributed by atoms with E-state index in [4.69, 9.17) is 0 Å². The summed E-state index contributed by atoms with van der Waals surface area (Å²) in [6, 6.07) is 3.95. The summed E-state index contributed by atoms with van der Waals surface area (Å²) in [5, 5.41) is 10.1. The summed E-state index contributed by atoms with van der Waals surface area (Å²) < 4.78 is 0. The molecule has 1 rings (SSSR count).